The number of hydrogen-bond acceptors (Lipinski definition) is 3. The lowest BCUT2D eigenvalue weighted by Crippen LogP contribution is -2.39. The quantitative estimate of drug-likeness (QED) is 0.746. The summed E-state index contributed by atoms with van der Waals surface area (Å²) in [6.07, 6.45) is 4.01. The second kappa shape index (κ2) is 6.55. The predicted molar refractivity (Wildman–Crippen MR) is 87.6 cm³/mol. The number of rotatable bonds is 6. The first-order valence-corrected chi connectivity index (χ1v) is 8.66. The normalized spacial score (nSPS) is 30.3. The Kier molecular flexibility index (Phi) is 5.38. The number of hydrogen-bond donors (Lipinski definition) is 0. The average Bonchev–Trinajstić information content (AvgIpc) is 2.85. The zero-order valence-electron chi connectivity index (χ0n) is 14.9. The molecule has 2 rings (SSSR count). The molecule has 124 valence electrons. The van der Waals surface area contributed by atoms with Gasteiger partial charge in [0.2, 0.25) is 0 Å². The highest BCUT2D eigenvalue weighted by Gasteiger charge is 2.43. The maximum atomic E-state index is 5.89. The van der Waals surface area contributed by atoms with E-state index in [0.717, 1.165) is 37.6 Å². The van der Waals surface area contributed by atoms with E-state index in [1.807, 2.05) is 0 Å². The molecule has 0 aromatic carbocycles. The maximum Gasteiger partial charge on any atom is 0.0600 e. The van der Waals surface area contributed by atoms with Crippen LogP contribution in [0.15, 0.2) is 0 Å². The molecule has 1 saturated heterocycles. The minimum atomic E-state index is -0.00836. The molecule has 0 N–H and O–H groups in total. The Morgan fingerprint density at radius 2 is 1.52 bits per heavy atom. The van der Waals surface area contributed by atoms with Crippen molar-refractivity contribution >= 4 is 0 Å². The van der Waals surface area contributed by atoms with Crippen LogP contribution in [-0.4, -0.2) is 48.4 Å². The maximum absolute atomic E-state index is 5.89. The minimum Gasteiger partial charge on any atom is -0.376 e. The first-order chi connectivity index (χ1) is 9.64. The highest BCUT2D eigenvalue weighted by atomic mass is 16.5. The van der Waals surface area contributed by atoms with Gasteiger partial charge in [-0.3, -0.25) is 4.90 Å². The molecule has 2 bridgehead atoms. The summed E-state index contributed by atoms with van der Waals surface area (Å²) in [6.45, 7) is 17.0. The van der Waals surface area contributed by atoms with Crippen LogP contribution in [0.5, 0.6) is 0 Å². The van der Waals surface area contributed by atoms with Gasteiger partial charge in [-0.25, -0.2) is 0 Å². The summed E-state index contributed by atoms with van der Waals surface area (Å²) in [7, 11) is 0. The minimum absolute atomic E-state index is 0.00789. The SMILES string of the molecule is CC(C)(C)OCCC1C[C@H]2C[C@@H]1CN2CCOC(C)(C)C. The Balaban J connectivity index is 1.65. The lowest BCUT2D eigenvalue weighted by molar-refractivity contribution is -0.0234. The molecule has 0 aromatic rings. The Hall–Kier alpha value is -0.120. The van der Waals surface area contributed by atoms with Crippen LogP contribution in [0.2, 0.25) is 0 Å². The monoisotopic (exact) mass is 297 g/mol. The van der Waals surface area contributed by atoms with Gasteiger partial charge in [0.15, 0.2) is 0 Å². The van der Waals surface area contributed by atoms with E-state index in [9.17, 15) is 0 Å². The predicted octanol–water partition coefficient (Wildman–Crippen LogP) is 3.72. The van der Waals surface area contributed by atoms with E-state index in [1.54, 1.807) is 0 Å². The van der Waals surface area contributed by atoms with Crippen molar-refractivity contribution in [1.82, 2.24) is 4.90 Å². The van der Waals surface area contributed by atoms with E-state index in [4.69, 9.17) is 9.47 Å². The van der Waals surface area contributed by atoms with E-state index in [-0.39, 0.29) is 11.2 Å². The molecule has 0 spiro atoms. The Morgan fingerprint density at radius 1 is 0.905 bits per heavy atom. The smallest absolute Gasteiger partial charge is 0.0600 e. The van der Waals surface area contributed by atoms with Gasteiger partial charge < -0.3 is 9.47 Å². The van der Waals surface area contributed by atoms with Crippen molar-refractivity contribution in [3.8, 4) is 0 Å². The summed E-state index contributed by atoms with van der Waals surface area (Å²) in [5.41, 5.74) is -0.000478. The molecule has 0 amide bonds. The van der Waals surface area contributed by atoms with Gasteiger partial charge >= 0.3 is 0 Å². The first-order valence-electron chi connectivity index (χ1n) is 8.66. The average molecular weight is 297 g/mol. The number of ether oxygens (including phenoxy) is 2. The van der Waals surface area contributed by atoms with E-state index >= 15 is 0 Å². The van der Waals surface area contributed by atoms with Gasteiger partial charge in [-0.15, -0.1) is 0 Å². The summed E-state index contributed by atoms with van der Waals surface area (Å²) in [4.78, 5) is 2.65. The number of likely N-dealkylation sites (tertiary alicyclic amines) is 1. The van der Waals surface area contributed by atoms with Crippen molar-refractivity contribution in [1.29, 1.82) is 0 Å². The third kappa shape index (κ3) is 5.54. The Morgan fingerprint density at radius 3 is 2.05 bits per heavy atom. The molecular weight excluding hydrogens is 262 g/mol. The molecule has 1 saturated carbocycles. The van der Waals surface area contributed by atoms with Gasteiger partial charge in [0.25, 0.3) is 0 Å². The van der Waals surface area contributed by atoms with Crippen LogP contribution >= 0.6 is 0 Å². The highest BCUT2D eigenvalue weighted by Crippen LogP contribution is 2.43. The summed E-state index contributed by atoms with van der Waals surface area (Å²) in [6, 6.07) is 0.804. The third-order valence-electron chi connectivity index (χ3n) is 4.74. The molecule has 3 heteroatoms. The van der Waals surface area contributed by atoms with Crippen LogP contribution < -0.4 is 0 Å². The number of piperidine rings is 1. The fourth-order valence-corrected chi connectivity index (χ4v) is 3.77. The van der Waals surface area contributed by atoms with Crippen LogP contribution in [0.4, 0.5) is 0 Å². The lowest BCUT2D eigenvalue weighted by atomic mass is 9.91. The van der Waals surface area contributed by atoms with Gasteiger partial charge in [0, 0.05) is 25.7 Å². The summed E-state index contributed by atoms with van der Waals surface area (Å²) in [5, 5.41) is 0. The molecule has 1 aliphatic carbocycles. The molecular formula is C18H35NO2. The van der Waals surface area contributed by atoms with E-state index in [1.165, 1.54) is 25.8 Å². The van der Waals surface area contributed by atoms with Crippen LogP contribution in [0.3, 0.4) is 0 Å². The second-order valence-corrected chi connectivity index (χ2v) is 8.85. The summed E-state index contributed by atoms with van der Waals surface area (Å²) >= 11 is 0. The molecule has 1 unspecified atom stereocenters. The van der Waals surface area contributed by atoms with Crippen molar-refractivity contribution in [2.24, 2.45) is 11.8 Å². The van der Waals surface area contributed by atoms with Gasteiger partial charge in [0.05, 0.1) is 17.8 Å². The largest absolute Gasteiger partial charge is 0.376 e. The van der Waals surface area contributed by atoms with Crippen molar-refractivity contribution in [2.75, 3.05) is 26.3 Å². The van der Waals surface area contributed by atoms with Crippen LogP contribution in [0.1, 0.15) is 60.8 Å². The van der Waals surface area contributed by atoms with Gasteiger partial charge in [0.1, 0.15) is 0 Å². The van der Waals surface area contributed by atoms with Crippen LogP contribution in [0, 0.1) is 11.8 Å². The Bertz CT molecular complexity index is 297. The first kappa shape index (κ1) is 17.2. The van der Waals surface area contributed by atoms with Crippen molar-refractivity contribution < 1.29 is 9.47 Å². The molecule has 2 aliphatic rings. The van der Waals surface area contributed by atoms with Crippen molar-refractivity contribution in [3.63, 3.8) is 0 Å². The van der Waals surface area contributed by atoms with Crippen LogP contribution in [-0.2, 0) is 9.47 Å². The molecule has 1 heterocycles. The highest BCUT2D eigenvalue weighted by molar-refractivity contribution is 4.97. The molecule has 0 aromatic heterocycles. The van der Waals surface area contributed by atoms with Gasteiger partial charge in [-0.05, 0) is 72.6 Å². The Labute approximate surface area is 131 Å². The van der Waals surface area contributed by atoms with E-state index < -0.39 is 0 Å². The van der Waals surface area contributed by atoms with Crippen molar-refractivity contribution in [3.05, 3.63) is 0 Å². The lowest BCUT2D eigenvalue weighted by Gasteiger charge is -2.32. The van der Waals surface area contributed by atoms with Crippen molar-refractivity contribution in [2.45, 2.75) is 78.0 Å². The van der Waals surface area contributed by atoms with Gasteiger partial charge in [-0.2, -0.15) is 0 Å². The number of nitrogens with zero attached hydrogens (tertiary/aromatic N) is 1. The molecule has 3 nitrogen and oxygen atoms in total. The zero-order valence-corrected chi connectivity index (χ0v) is 14.9. The number of fused-ring (bicyclic) bond motifs is 2. The molecule has 21 heavy (non-hydrogen) atoms. The van der Waals surface area contributed by atoms with E-state index in [0.29, 0.717) is 0 Å². The third-order valence-corrected chi connectivity index (χ3v) is 4.74. The summed E-state index contributed by atoms with van der Waals surface area (Å²) < 4.78 is 11.8. The van der Waals surface area contributed by atoms with E-state index in [2.05, 4.69) is 46.4 Å². The topological polar surface area (TPSA) is 21.7 Å². The van der Waals surface area contributed by atoms with Crippen LogP contribution in [0.25, 0.3) is 0 Å². The molecule has 2 fully saturated rings. The zero-order chi connectivity index (χ0) is 15.7. The fourth-order valence-electron chi connectivity index (χ4n) is 3.77. The molecule has 1 aliphatic heterocycles. The second-order valence-electron chi connectivity index (χ2n) is 8.85. The standard InChI is InChI=1S/C18H35NO2/c1-17(2,3)20-9-7-14-11-16-12-15(14)13-19(16)8-10-21-18(4,5)6/h14-16H,7-13H2,1-6H3/t14?,15-,16+/m1/s1. The summed E-state index contributed by atoms with van der Waals surface area (Å²) in [5.74, 6) is 1.78. The molecule has 0 radical (unpaired) electrons. The van der Waals surface area contributed by atoms with Gasteiger partial charge in [-0.1, -0.05) is 0 Å². The molecule has 3 atom stereocenters. The fraction of sp³-hybridized carbons (Fsp3) is 1.00.